The zero-order chi connectivity index (χ0) is 22.7. The number of benzene rings is 2. The van der Waals surface area contributed by atoms with Crippen molar-refractivity contribution in [2.75, 3.05) is 20.3 Å². The maximum atomic E-state index is 14.6. The summed E-state index contributed by atoms with van der Waals surface area (Å²) in [6, 6.07) is 8.55. The third kappa shape index (κ3) is 4.55. The van der Waals surface area contributed by atoms with Crippen LogP contribution in [0, 0.1) is 26.6 Å². The van der Waals surface area contributed by atoms with Crippen molar-refractivity contribution in [2.24, 2.45) is 0 Å². The van der Waals surface area contributed by atoms with Gasteiger partial charge in [0.15, 0.2) is 0 Å². The highest BCUT2D eigenvalue weighted by atomic mass is 19.1. The number of halogens is 1. The second kappa shape index (κ2) is 9.20. The highest BCUT2D eigenvalue weighted by Crippen LogP contribution is 2.33. The molecule has 0 aliphatic carbocycles. The molecule has 2 aromatic rings. The smallest absolute Gasteiger partial charge is 0.338 e. The van der Waals surface area contributed by atoms with Gasteiger partial charge in [-0.25, -0.2) is 14.0 Å². The zero-order valence-corrected chi connectivity index (χ0v) is 18.4. The van der Waals surface area contributed by atoms with E-state index in [-0.39, 0.29) is 24.4 Å². The quantitative estimate of drug-likeness (QED) is 0.698. The molecule has 0 saturated carbocycles. The van der Waals surface area contributed by atoms with Gasteiger partial charge in [0, 0.05) is 12.6 Å². The molecule has 7 heteroatoms. The van der Waals surface area contributed by atoms with Gasteiger partial charge in [-0.2, -0.15) is 0 Å². The standard InChI is InChI=1S/C24H27FN2O4/c1-6-30-23(28)21-19(13-31-20-12-14(2)11-15(3)16(20)4)27(5)24(29)26-22(21)17-9-7-8-10-18(17)25/h7-12,22H,6,13H2,1-5H3,(H,26,29). The van der Waals surface area contributed by atoms with Crippen LogP contribution in [-0.2, 0) is 9.53 Å². The van der Waals surface area contributed by atoms with Crippen molar-refractivity contribution in [3.05, 3.63) is 75.7 Å². The predicted molar refractivity (Wildman–Crippen MR) is 115 cm³/mol. The van der Waals surface area contributed by atoms with E-state index in [2.05, 4.69) is 11.4 Å². The molecular weight excluding hydrogens is 399 g/mol. The Morgan fingerprint density at radius 2 is 1.90 bits per heavy atom. The minimum atomic E-state index is -0.983. The van der Waals surface area contributed by atoms with Crippen LogP contribution in [0.15, 0.2) is 47.7 Å². The first-order chi connectivity index (χ1) is 14.7. The molecule has 1 unspecified atom stereocenters. The van der Waals surface area contributed by atoms with Gasteiger partial charge in [0.25, 0.3) is 0 Å². The summed E-state index contributed by atoms with van der Waals surface area (Å²) in [5.41, 5.74) is 3.75. The number of rotatable bonds is 6. The first-order valence-electron chi connectivity index (χ1n) is 10.1. The van der Waals surface area contributed by atoms with Gasteiger partial charge in [0.1, 0.15) is 18.2 Å². The Hall–Kier alpha value is -3.35. The fraction of sp³-hybridized carbons (Fsp3) is 0.333. The van der Waals surface area contributed by atoms with Crippen molar-refractivity contribution in [3.63, 3.8) is 0 Å². The van der Waals surface area contributed by atoms with Crippen molar-refractivity contribution in [1.82, 2.24) is 10.2 Å². The van der Waals surface area contributed by atoms with Gasteiger partial charge < -0.3 is 14.8 Å². The number of hydrogen-bond acceptors (Lipinski definition) is 4. The highest BCUT2D eigenvalue weighted by Gasteiger charge is 2.38. The molecule has 0 fully saturated rings. The minimum absolute atomic E-state index is 0.0489. The predicted octanol–water partition coefficient (Wildman–Crippen LogP) is 4.34. The van der Waals surface area contributed by atoms with Gasteiger partial charge in [0.05, 0.1) is 23.9 Å². The Bertz CT molecular complexity index is 1050. The topological polar surface area (TPSA) is 67.9 Å². The lowest BCUT2D eigenvalue weighted by Gasteiger charge is -2.34. The van der Waals surface area contributed by atoms with Crippen LogP contribution < -0.4 is 10.1 Å². The monoisotopic (exact) mass is 426 g/mol. The maximum absolute atomic E-state index is 14.6. The number of urea groups is 1. The second-order valence-electron chi connectivity index (χ2n) is 7.54. The van der Waals surface area contributed by atoms with E-state index in [4.69, 9.17) is 9.47 Å². The van der Waals surface area contributed by atoms with Gasteiger partial charge >= 0.3 is 12.0 Å². The van der Waals surface area contributed by atoms with Crippen LogP contribution in [-0.4, -0.2) is 37.2 Å². The third-order valence-corrected chi connectivity index (χ3v) is 5.42. The maximum Gasteiger partial charge on any atom is 0.338 e. The van der Waals surface area contributed by atoms with E-state index in [1.807, 2.05) is 26.8 Å². The Labute approximate surface area is 181 Å². The van der Waals surface area contributed by atoms with Crippen molar-refractivity contribution in [3.8, 4) is 5.75 Å². The molecule has 2 aromatic carbocycles. The molecule has 31 heavy (non-hydrogen) atoms. The van der Waals surface area contributed by atoms with E-state index < -0.39 is 23.9 Å². The highest BCUT2D eigenvalue weighted by molar-refractivity contribution is 5.95. The average Bonchev–Trinajstić information content (AvgIpc) is 2.72. The number of aryl methyl sites for hydroxylation is 2. The lowest BCUT2D eigenvalue weighted by Crippen LogP contribution is -2.48. The Morgan fingerprint density at radius 3 is 2.58 bits per heavy atom. The molecule has 2 amide bonds. The molecule has 0 aromatic heterocycles. The van der Waals surface area contributed by atoms with Crippen LogP contribution in [0.25, 0.3) is 0 Å². The zero-order valence-electron chi connectivity index (χ0n) is 18.4. The Morgan fingerprint density at radius 1 is 1.19 bits per heavy atom. The molecule has 1 N–H and O–H groups in total. The number of ether oxygens (including phenoxy) is 2. The van der Waals surface area contributed by atoms with Crippen molar-refractivity contribution < 1.29 is 23.5 Å². The molecule has 6 nitrogen and oxygen atoms in total. The molecule has 3 rings (SSSR count). The third-order valence-electron chi connectivity index (χ3n) is 5.42. The number of esters is 1. The summed E-state index contributed by atoms with van der Waals surface area (Å²) in [6.07, 6.45) is 0. The van der Waals surface area contributed by atoms with Crippen LogP contribution in [0.5, 0.6) is 5.75 Å². The largest absolute Gasteiger partial charge is 0.487 e. The first-order valence-corrected chi connectivity index (χ1v) is 10.1. The van der Waals surface area contributed by atoms with Crippen LogP contribution in [0.3, 0.4) is 0 Å². The SMILES string of the molecule is CCOC(=O)C1=C(COc2cc(C)cc(C)c2C)N(C)C(=O)NC1c1ccccc1F. The second-order valence-corrected chi connectivity index (χ2v) is 7.54. The number of nitrogens with zero attached hydrogens (tertiary/aromatic N) is 1. The Kier molecular flexibility index (Phi) is 6.63. The van der Waals surface area contributed by atoms with E-state index in [1.165, 1.54) is 17.0 Å². The first kappa shape index (κ1) is 22.3. The van der Waals surface area contributed by atoms with Gasteiger partial charge in [-0.1, -0.05) is 24.3 Å². The summed E-state index contributed by atoms with van der Waals surface area (Å²) in [7, 11) is 1.54. The molecule has 0 saturated heterocycles. The summed E-state index contributed by atoms with van der Waals surface area (Å²) in [5.74, 6) is -0.488. The van der Waals surface area contributed by atoms with E-state index in [0.29, 0.717) is 11.4 Å². The minimum Gasteiger partial charge on any atom is -0.487 e. The number of hydrogen-bond donors (Lipinski definition) is 1. The van der Waals surface area contributed by atoms with Crippen LogP contribution in [0.2, 0.25) is 0 Å². The molecule has 0 spiro atoms. The van der Waals surface area contributed by atoms with Crippen LogP contribution >= 0.6 is 0 Å². The lowest BCUT2D eigenvalue weighted by molar-refractivity contribution is -0.139. The molecule has 1 heterocycles. The molecule has 1 aliphatic rings. The molecule has 1 atom stereocenters. The molecule has 0 bridgehead atoms. The fourth-order valence-corrected chi connectivity index (χ4v) is 3.62. The number of carbonyl (C=O) groups excluding carboxylic acids is 2. The molecular formula is C24H27FN2O4. The van der Waals surface area contributed by atoms with E-state index >= 15 is 0 Å². The summed E-state index contributed by atoms with van der Waals surface area (Å²) < 4.78 is 25.9. The van der Waals surface area contributed by atoms with Crippen molar-refractivity contribution in [1.29, 1.82) is 0 Å². The fourth-order valence-electron chi connectivity index (χ4n) is 3.62. The number of nitrogens with one attached hydrogen (secondary N) is 1. The molecule has 164 valence electrons. The lowest BCUT2D eigenvalue weighted by atomic mass is 9.94. The van der Waals surface area contributed by atoms with Gasteiger partial charge in [-0.05, 0) is 56.5 Å². The van der Waals surface area contributed by atoms with Crippen LogP contribution in [0.4, 0.5) is 9.18 Å². The van der Waals surface area contributed by atoms with E-state index in [1.54, 1.807) is 26.1 Å². The van der Waals surface area contributed by atoms with Gasteiger partial charge in [0.2, 0.25) is 0 Å². The number of likely N-dealkylation sites (N-methyl/N-ethyl adjacent to an activating group) is 1. The van der Waals surface area contributed by atoms with Crippen molar-refractivity contribution >= 4 is 12.0 Å². The normalized spacial score (nSPS) is 16.3. The summed E-state index contributed by atoms with van der Waals surface area (Å²) in [4.78, 5) is 26.9. The molecule has 1 aliphatic heterocycles. The Balaban J connectivity index is 2.08. The average molecular weight is 426 g/mol. The number of carbonyl (C=O) groups is 2. The summed E-state index contributed by atoms with van der Waals surface area (Å²) in [6.45, 7) is 7.70. The summed E-state index contributed by atoms with van der Waals surface area (Å²) >= 11 is 0. The number of amides is 2. The van der Waals surface area contributed by atoms with Crippen molar-refractivity contribution in [2.45, 2.75) is 33.7 Å². The summed E-state index contributed by atoms with van der Waals surface area (Å²) in [5, 5.41) is 2.70. The van der Waals surface area contributed by atoms with Gasteiger partial charge in [-0.3, -0.25) is 4.90 Å². The molecule has 0 radical (unpaired) electrons. The van der Waals surface area contributed by atoms with Gasteiger partial charge in [-0.15, -0.1) is 0 Å². The van der Waals surface area contributed by atoms with Crippen LogP contribution in [0.1, 0.15) is 35.2 Å². The van der Waals surface area contributed by atoms with E-state index in [0.717, 1.165) is 16.7 Å². The van der Waals surface area contributed by atoms with E-state index in [9.17, 15) is 14.0 Å².